The zero-order chi connectivity index (χ0) is 13.1. The maximum atomic E-state index is 12.6. The minimum Gasteiger partial charge on any atom is -0.342 e. The molecular weight excluding hydrogens is 224 g/mol. The molecule has 1 heterocycles. The van der Waals surface area contributed by atoms with Gasteiger partial charge in [0.1, 0.15) is 0 Å². The van der Waals surface area contributed by atoms with Crippen LogP contribution in [-0.4, -0.2) is 30.4 Å². The van der Waals surface area contributed by atoms with Crippen molar-refractivity contribution in [1.82, 2.24) is 4.90 Å². The molecule has 0 bridgehead atoms. The molecule has 1 amide bonds. The number of carbonyl (C=O) groups is 1. The van der Waals surface area contributed by atoms with Crippen LogP contribution in [0.2, 0.25) is 0 Å². The van der Waals surface area contributed by atoms with Gasteiger partial charge in [-0.05, 0) is 43.6 Å². The quantitative estimate of drug-likeness (QED) is 0.837. The van der Waals surface area contributed by atoms with Crippen LogP contribution in [0.5, 0.6) is 0 Å². The van der Waals surface area contributed by atoms with E-state index in [-0.39, 0.29) is 5.92 Å². The Labute approximate surface area is 111 Å². The first-order chi connectivity index (χ1) is 8.63. The molecule has 3 nitrogen and oxygen atoms in total. The predicted octanol–water partition coefficient (Wildman–Crippen LogP) is 2.26. The summed E-state index contributed by atoms with van der Waals surface area (Å²) in [4.78, 5) is 14.7. The minimum absolute atomic E-state index is 0.217. The molecule has 1 saturated carbocycles. The lowest BCUT2D eigenvalue weighted by Crippen LogP contribution is -2.41. The van der Waals surface area contributed by atoms with Crippen LogP contribution in [0.15, 0.2) is 0 Å². The molecular formula is C15H28N2O. The third-order valence-electron chi connectivity index (χ3n) is 5.01. The largest absolute Gasteiger partial charge is 0.342 e. The third-order valence-corrected chi connectivity index (χ3v) is 5.01. The number of nitrogens with two attached hydrogens (primary N) is 1. The van der Waals surface area contributed by atoms with E-state index in [9.17, 15) is 4.79 Å². The normalized spacial score (nSPS) is 33.1. The van der Waals surface area contributed by atoms with E-state index in [0.717, 1.165) is 25.9 Å². The van der Waals surface area contributed by atoms with Crippen LogP contribution in [0.1, 0.15) is 46.0 Å². The second-order valence-electron chi connectivity index (χ2n) is 6.46. The van der Waals surface area contributed by atoms with Gasteiger partial charge in [0.2, 0.25) is 5.91 Å². The van der Waals surface area contributed by atoms with Crippen molar-refractivity contribution in [3.8, 4) is 0 Å². The van der Waals surface area contributed by atoms with E-state index in [1.54, 1.807) is 0 Å². The monoisotopic (exact) mass is 252 g/mol. The van der Waals surface area contributed by atoms with Gasteiger partial charge in [0, 0.05) is 19.0 Å². The van der Waals surface area contributed by atoms with Crippen LogP contribution in [0.3, 0.4) is 0 Å². The maximum absolute atomic E-state index is 12.6. The van der Waals surface area contributed by atoms with Crippen LogP contribution in [0.4, 0.5) is 0 Å². The van der Waals surface area contributed by atoms with Gasteiger partial charge in [0.05, 0.1) is 0 Å². The van der Waals surface area contributed by atoms with Crippen molar-refractivity contribution in [1.29, 1.82) is 0 Å². The molecule has 2 N–H and O–H groups in total. The summed E-state index contributed by atoms with van der Waals surface area (Å²) in [6, 6.07) is 0. The minimum atomic E-state index is 0.217. The topological polar surface area (TPSA) is 46.3 Å². The van der Waals surface area contributed by atoms with Gasteiger partial charge < -0.3 is 10.6 Å². The number of hydrogen-bond acceptors (Lipinski definition) is 2. The van der Waals surface area contributed by atoms with E-state index in [2.05, 4.69) is 18.7 Å². The first-order valence-corrected chi connectivity index (χ1v) is 7.62. The van der Waals surface area contributed by atoms with Crippen molar-refractivity contribution < 1.29 is 4.79 Å². The van der Waals surface area contributed by atoms with Gasteiger partial charge >= 0.3 is 0 Å². The molecule has 0 radical (unpaired) electrons. The van der Waals surface area contributed by atoms with Crippen molar-refractivity contribution in [3.05, 3.63) is 0 Å². The van der Waals surface area contributed by atoms with Gasteiger partial charge in [0.15, 0.2) is 0 Å². The summed E-state index contributed by atoms with van der Waals surface area (Å²) in [5, 5.41) is 0. The Morgan fingerprint density at radius 2 is 2.00 bits per heavy atom. The van der Waals surface area contributed by atoms with Crippen LogP contribution >= 0.6 is 0 Å². The summed E-state index contributed by atoms with van der Waals surface area (Å²) in [5.41, 5.74) is 5.83. The average molecular weight is 252 g/mol. The van der Waals surface area contributed by atoms with Crippen molar-refractivity contribution in [2.75, 3.05) is 19.6 Å². The molecule has 3 unspecified atom stereocenters. The molecule has 2 fully saturated rings. The van der Waals surface area contributed by atoms with Gasteiger partial charge in [-0.15, -0.1) is 0 Å². The summed E-state index contributed by atoms with van der Waals surface area (Å²) >= 11 is 0. The van der Waals surface area contributed by atoms with Gasteiger partial charge in [-0.25, -0.2) is 0 Å². The molecule has 0 aromatic carbocycles. The van der Waals surface area contributed by atoms with E-state index in [1.165, 1.54) is 19.3 Å². The second-order valence-corrected chi connectivity index (χ2v) is 6.46. The first kappa shape index (κ1) is 13.9. The number of nitrogens with zero attached hydrogens (tertiary/aromatic N) is 1. The molecule has 2 aliphatic rings. The highest BCUT2D eigenvalue weighted by atomic mass is 16.2. The fraction of sp³-hybridized carbons (Fsp3) is 0.933. The lowest BCUT2D eigenvalue weighted by Gasteiger charge is -2.32. The van der Waals surface area contributed by atoms with Crippen LogP contribution in [0, 0.1) is 23.7 Å². The van der Waals surface area contributed by atoms with Gasteiger partial charge in [-0.3, -0.25) is 4.79 Å². The number of rotatable bonds is 3. The Bertz CT molecular complexity index is 290. The molecule has 3 heteroatoms. The summed E-state index contributed by atoms with van der Waals surface area (Å²) in [5.74, 6) is 2.45. The van der Waals surface area contributed by atoms with E-state index in [1.807, 2.05) is 0 Å². The molecule has 0 spiro atoms. The Hall–Kier alpha value is -0.570. The number of hydrogen-bond donors (Lipinski definition) is 1. The molecule has 104 valence electrons. The second kappa shape index (κ2) is 6.05. The van der Waals surface area contributed by atoms with E-state index >= 15 is 0 Å². The maximum Gasteiger partial charge on any atom is 0.226 e. The molecule has 1 aliphatic carbocycles. The Morgan fingerprint density at radius 3 is 2.61 bits per heavy atom. The Balaban J connectivity index is 1.94. The average Bonchev–Trinajstić information content (AvgIpc) is 2.87. The highest BCUT2D eigenvalue weighted by Gasteiger charge is 2.36. The summed E-state index contributed by atoms with van der Waals surface area (Å²) in [7, 11) is 0. The molecule has 2 rings (SSSR count). The standard InChI is InChI=1S/C15H28N2O/c1-11(2)13-7-8-17(10-13)15(18)14-6-4-3-5-12(14)9-16/h11-14H,3-10,16H2,1-2H3. The van der Waals surface area contributed by atoms with Crippen LogP contribution in [0.25, 0.3) is 0 Å². The smallest absolute Gasteiger partial charge is 0.226 e. The molecule has 1 saturated heterocycles. The Kier molecular flexibility index (Phi) is 4.66. The van der Waals surface area contributed by atoms with Gasteiger partial charge in [-0.1, -0.05) is 26.7 Å². The number of likely N-dealkylation sites (tertiary alicyclic amines) is 1. The van der Waals surface area contributed by atoms with Crippen molar-refractivity contribution in [2.24, 2.45) is 29.4 Å². The zero-order valence-corrected chi connectivity index (χ0v) is 11.9. The third kappa shape index (κ3) is 2.87. The van der Waals surface area contributed by atoms with E-state index < -0.39 is 0 Å². The van der Waals surface area contributed by atoms with Crippen molar-refractivity contribution in [2.45, 2.75) is 46.0 Å². The summed E-state index contributed by atoms with van der Waals surface area (Å²) in [6.07, 6.45) is 5.84. The highest BCUT2D eigenvalue weighted by molar-refractivity contribution is 5.79. The van der Waals surface area contributed by atoms with Crippen LogP contribution < -0.4 is 5.73 Å². The zero-order valence-electron chi connectivity index (χ0n) is 11.9. The lowest BCUT2D eigenvalue weighted by atomic mass is 9.78. The Morgan fingerprint density at radius 1 is 1.28 bits per heavy atom. The van der Waals surface area contributed by atoms with Crippen molar-refractivity contribution in [3.63, 3.8) is 0 Å². The predicted molar refractivity (Wildman–Crippen MR) is 74.0 cm³/mol. The molecule has 0 aromatic rings. The summed E-state index contributed by atoms with van der Waals surface area (Å²) < 4.78 is 0. The van der Waals surface area contributed by atoms with Crippen LogP contribution in [-0.2, 0) is 4.79 Å². The van der Waals surface area contributed by atoms with Gasteiger partial charge in [0.25, 0.3) is 0 Å². The fourth-order valence-electron chi connectivity index (χ4n) is 3.58. The number of amides is 1. The molecule has 0 aromatic heterocycles. The van der Waals surface area contributed by atoms with E-state index in [4.69, 9.17) is 5.73 Å². The lowest BCUT2D eigenvalue weighted by molar-refractivity contribution is -0.137. The fourth-order valence-corrected chi connectivity index (χ4v) is 3.58. The number of carbonyl (C=O) groups excluding carboxylic acids is 1. The summed E-state index contributed by atoms with van der Waals surface area (Å²) in [6.45, 7) is 7.15. The highest BCUT2D eigenvalue weighted by Crippen LogP contribution is 2.33. The van der Waals surface area contributed by atoms with E-state index in [0.29, 0.717) is 30.2 Å². The van der Waals surface area contributed by atoms with Gasteiger partial charge in [-0.2, -0.15) is 0 Å². The molecule has 3 atom stereocenters. The molecule has 18 heavy (non-hydrogen) atoms. The van der Waals surface area contributed by atoms with Crippen molar-refractivity contribution >= 4 is 5.91 Å². The first-order valence-electron chi connectivity index (χ1n) is 7.62. The SMILES string of the molecule is CC(C)C1CCN(C(=O)C2CCCCC2CN)C1. The molecule has 1 aliphatic heterocycles.